The van der Waals surface area contributed by atoms with Crippen LogP contribution >= 0.6 is 0 Å². The average molecular weight is 348 g/mol. The maximum Gasteiger partial charge on any atom is 0.265 e. The van der Waals surface area contributed by atoms with Gasteiger partial charge in [0, 0.05) is 33.4 Å². The van der Waals surface area contributed by atoms with E-state index < -0.39 is 15.9 Å². The lowest BCUT2D eigenvalue weighted by atomic mass is 10.2. The fourth-order valence-corrected chi connectivity index (χ4v) is 4.58. The van der Waals surface area contributed by atoms with Crippen LogP contribution < -0.4 is 14.9 Å². The lowest BCUT2D eigenvalue weighted by Crippen LogP contribution is -2.31. The van der Waals surface area contributed by atoms with Crippen LogP contribution in [-0.4, -0.2) is 39.0 Å². The van der Waals surface area contributed by atoms with Crippen molar-refractivity contribution in [1.29, 1.82) is 0 Å². The number of carbonyl (C=O) groups excluding carboxylic acids is 1. The predicted molar refractivity (Wildman–Crippen MR) is 92.8 cm³/mol. The third kappa shape index (κ3) is 2.62. The number of hydrogen-bond donors (Lipinski definition) is 1. The van der Waals surface area contributed by atoms with E-state index in [0.29, 0.717) is 18.7 Å². The molecule has 2 aromatic rings. The van der Waals surface area contributed by atoms with Crippen molar-refractivity contribution < 1.29 is 13.2 Å². The Kier molecular flexibility index (Phi) is 4.00. The number of benzene rings is 1. The molecule has 0 bridgehead atoms. The van der Waals surface area contributed by atoms with Gasteiger partial charge in [-0.1, -0.05) is 12.1 Å². The first-order valence-corrected chi connectivity index (χ1v) is 9.05. The van der Waals surface area contributed by atoms with Gasteiger partial charge >= 0.3 is 0 Å². The quantitative estimate of drug-likeness (QED) is 0.901. The van der Waals surface area contributed by atoms with Crippen molar-refractivity contribution >= 4 is 27.3 Å². The van der Waals surface area contributed by atoms with Crippen molar-refractivity contribution in [1.82, 2.24) is 4.57 Å². The van der Waals surface area contributed by atoms with Crippen molar-refractivity contribution in [3.05, 3.63) is 42.2 Å². The van der Waals surface area contributed by atoms with Crippen molar-refractivity contribution in [2.45, 2.75) is 11.3 Å². The largest absolute Gasteiger partial charge is 0.373 e. The van der Waals surface area contributed by atoms with Crippen LogP contribution in [0.4, 0.5) is 11.4 Å². The third-order valence-electron chi connectivity index (χ3n) is 4.24. The van der Waals surface area contributed by atoms with Gasteiger partial charge in [-0.2, -0.15) is 0 Å². The molecule has 0 saturated carbocycles. The Morgan fingerprint density at radius 2 is 1.79 bits per heavy atom. The number of fused-ring (bicyclic) bond motifs is 1. The lowest BCUT2D eigenvalue weighted by Gasteiger charge is -2.25. The molecule has 7 nitrogen and oxygen atoms in total. The highest BCUT2D eigenvalue weighted by molar-refractivity contribution is 7.92. The molecule has 0 unspecified atom stereocenters. The van der Waals surface area contributed by atoms with E-state index in [1.165, 1.54) is 21.1 Å². The van der Waals surface area contributed by atoms with E-state index in [0.717, 1.165) is 12.2 Å². The Morgan fingerprint density at radius 3 is 2.42 bits per heavy atom. The fraction of sp³-hybridized carbons (Fsp3) is 0.312. The molecule has 1 aromatic carbocycles. The second kappa shape index (κ2) is 5.86. The number of aromatic nitrogens is 1. The first-order valence-electron chi connectivity index (χ1n) is 7.61. The summed E-state index contributed by atoms with van der Waals surface area (Å²) in [7, 11) is -0.232. The van der Waals surface area contributed by atoms with E-state index in [4.69, 9.17) is 5.73 Å². The van der Waals surface area contributed by atoms with Crippen LogP contribution in [0.2, 0.25) is 0 Å². The van der Waals surface area contributed by atoms with Gasteiger partial charge in [0.05, 0.1) is 11.4 Å². The molecule has 128 valence electrons. The Bertz CT molecular complexity index is 888. The number of amides is 1. The average Bonchev–Trinajstić information content (AvgIpc) is 2.85. The summed E-state index contributed by atoms with van der Waals surface area (Å²) < 4.78 is 29.1. The fourth-order valence-electron chi connectivity index (χ4n) is 2.99. The molecule has 2 heterocycles. The van der Waals surface area contributed by atoms with Gasteiger partial charge < -0.3 is 15.2 Å². The van der Waals surface area contributed by atoms with Crippen LogP contribution in [0.25, 0.3) is 0 Å². The standard InChI is InChI=1S/C16H20N4O3S/c1-18-8-5-9-20(14-7-4-3-6-13(14)18)24(22,23)12-10-15(16(17)21)19(2)11-12/h3-4,6-7,10-11H,5,8-9H2,1-2H3,(H2,17,21). The molecule has 3 rings (SSSR count). The summed E-state index contributed by atoms with van der Waals surface area (Å²) in [6, 6.07) is 8.74. The number of rotatable bonds is 3. The van der Waals surface area contributed by atoms with Gasteiger partial charge in [-0.05, 0) is 24.6 Å². The van der Waals surface area contributed by atoms with Gasteiger partial charge in [0.25, 0.3) is 15.9 Å². The second-order valence-corrected chi connectivity index (χ2v) is 7.74. The summed E-state index contributed by atoms with van der Waals surface area (Å²) in [5, 5.41) is 0. The van der Waals surface area contributed by atoms with E-state index in [9.17, 15) is 13.2 Å². The summed E-state index contributed by atoms with van der Waals surface area (Å²) in [6.45, 7) is 1.15. The number of carbonyl (C=O) groups is 1. The topological polar surface area (TPSA) is 88.6 Å². The zero-order valence-electron chi connectivity index (χ0n) is 13.6. The van der Waals surface area contributed by atoms with E-state index in [2.05, 4.69) is 0 Å². The van der Waals surface area contributed by atoms with Crippen LogP contribution in [0.3, 0.4) is 0 Å². The molecule has 1 aliphatic rings. The van der Waals surface area contributed by atoms with Gasteiger partial charge in [0.1, 0.15) is 10.6 Å². The zero-order valence-corrected chi connectivity index (χ0v) is 14.5. The number of primary amides is 1. The van der Waals surface area contributed by atoms with Crippen molar-refractivity contribution in [3.8, 4) is 0 Å². The number of hydrogen-bond acceptors (Lipinski definition) is 4. The Labute approximate surface area is 141 Å². The Hall–Kier alpha value is -2.48. The minimum absolute atomic E-state index is 0.0677. The minimum Gasteiger partial charge on any atom is -0.373 e. The molecule has 8 heteroatoms. The molecular weight excluding hydrogens is 328 g/mol. The number of aryl methyl sites for hydroxylation is 1. The predicted octanol–water partition coefficient (Wildman–Crippen LogP) is 1.16. The van der Waals surface area contributed by atoms with Gasteiger partial charge in [0.15, 0.2) is 0 Å². The number of para-hydroxylation sites is 2. The molecule has 0 aliphatic carbocycles. The second-order valence-electron chi connectivity index (χ2n) is 5.88. The maximum absolute atomic E-state index is 13.1. The van der Waals surface area contributed by atoms with E-state index >= 15 is 0 Å². The molecule has 0 spiro atoms. The molecule has 0 fully saturated rings. The lowest BCUT2D eigenvalue weighted by molar-refractivity contribution is 0.0992. The van der Waals surface area contributed by atoms with Crippen molar-refractivity contribution in [2.75, 3.05) is 29.3 Å². The number of anilines is 2. The molecule has 1 aromatic heterocycles. The number of nitrogens with zero attached hydrogens (tertiary/aromatic N) is 3. The Balaban J connectivity index is 2.11. The summed E-state index contributed by atoms with van der Waals surface area (Å²) >= 11 is 0. The molecule has 0 atom stereocenters. The molecule has 1 amide bonds. The van der Waals surface area contributed by atoms with E-state index in [1.54, 1.807) is 13.1 Å². The summed E-state index contributed by atoms with van der Waals surface area (Å²) in [5.41, 5.74) is 6.96. The SMILES string of the molecule is CN1CCCN(S(=O)(=O)c2cc(C(N)=O)n(C)c2)c2ccccc21. The summed E-state index contributed by atoms with van der Waals surface area (Å²) in [5.74, 6) is -0.657. The smallest absolute Gasteiger partial charge is 0.265 e. The van der Waals surface area contributed by atoms with Crippen LogP contribution in [0.1, 0.15) is 16.9 Å². The first-order chi connectivity index (χ1) is 11.3. The van der Waals surface area contributed by atoms with Crippen LogP contribution in [0.5, 0.6) is 0 Å². The zero-order chi connectivity index (χ0) is 17.5. The van der Waals surface area contributed by atoms with Gasteiger partial charge in [0.2, 0.25) is 0 Å². The number of sulfonamides is 1. The van der Waals surface area contributed by atoms with Gasteiger partial charge in [-0.3, -0.25) is 9.10 Å². The Morgan fingerprint density at radius 1 is 1.12 bits per heavy atom. The van der Waals surface area contributed by atoms with E-state index in [1.807, 2.05) is 30.1 Å². The van der Waals surface area contributed by atoms with Gasteiger partial charge in [-0.25, -0.2) is 8.42 Å². The van der Waals surface area contributed by atoms with Crippen LogP contribution in [0.15, 0.2) is 41.4 Å². The first kappa shape index (κ1) is 16.4. The summed E-state index contributed by atoms with van der Waals surface area (Å²) in [4.78, 5) is 13.5. The molecule has 0 saturated heterocycles. The van der Waals surface area contributed by atoms with Crippen LogP contribution in [0, 0.1) is 0 Å². The molecular formula is C16H20N4O3S. The number of nitrogens with two attached hydrogens (primary N) is 1. The van der Waals surface area contributed by atoms with Crippen molar-refractivity contribution in [2.24, 2.45) is 12.8 Å². The van der Waals surface area contributed by atoms with E-state index in [-0.39, 0.29) is 10.6 Å². The highest BCUT2D eigenvalue weighted by atomic mass is 32.2. The van der Waals surface area contributed by atoms with Gasteiger partial charge in [-0.15, -0.1) is 0 Å². The normalized spacial score (nSPS) is 15.1. The molecule has 24 heavy (non-hydrogen) atoms. The van der Waals surface area contributed by atoms with Crippen LogP contribution in [-0.2, 0) is 17.1 Å². The molecule has 2 N–H and O–H groups in total. The minimum atomic E-state index is -3.78. The molecule has 1 aliphatic heterocycles. The van der Waals surface area contributed by atoms with Crippen molar-refractivity contribution in [3.63, 3.8) is 0 Å². The molecule has 0 radical (unpaired) electrons. The third-order valence-corrected chi connectivity index (χ3v) is 6.02. The summed E-state index contributed by atoms with van der Waals surface area (Å²) in [6.07, 6.45) is 2.13. The monoisotopic (exact) mass is 348 g/mol. The highest BCUT2D eigenvalue weighted by Crippen LogP contribution is 2.35. The maximum atomic E-state index is 13.1. The highest BCUT2D eigenvalue weighted by Gasteiger charge is 2.30.